The van der Waals surface area contributed by atoms with E-state index in [1.165, 1.54) is 11.1 Å². The maximum absolute atomic E-state index is 12.7. The van der Waals surface area contributed by atoms with Gasteiger partial charge in [-0.05, 0) is 42.5 Å². The van der Waals surface area contributed by atoms with Crippen molar-refractivity contribution in [3.8, 4) is 0 Å². The van der Waals surface area contributed by atoms with Crippen LogP contribution in [0.5, 0.6) is 0 Å². The highest BCUT2D eigenvalue weighted by Crippen LogP contribution is 2.33. The zero-order chi connectivity index (χ0) is 21.9. The Kier molecular flexibility index (Phi) is 6.06. The number of rotatable bonds is 6. The quantitative estimate of drug-likeness (QED) is 0.544. The first-order chi connectivity index (χ1) is 15.7. The first-order valence-electron chi connectivity index (χ1n) is 11.6. The standard InChI is InChI=1S/C28H30N2O2/c1-21(30-26-15-9-8-14-24(26)20-27(30)31)29-18-16-25(17-19-29)32-28(22-10-4-2-5-11-22)23-12-6-3-7-13-23/h2-15,21,25,28H,16-20H2,1H3. The van der Waals surface area contributed by atoms with Crippen molar-refractivity contribution in [2.45, 2.75) is 44.6 Å². The van der Waals surface area contributed by atoms with Gasteiger partial charge in [-0.1, -0.05) is 78.9 Å². The fourth-order valence-corrected chi connectivity index (χ4v) is 5.03. The summed E-state index contributed by atoms with van der Waals surface area (Å²) in [6.07, 6.45) is 2.64. The number of para-hydroxylation sites is 1. The van der Waals surface area contributed by atoms with E-state index in [9.17, 15) is 4.79 Å². The molecule has 3 aromatic rings. The van der Waals surface area contributed by atoms with Gasteiger partial charge in [-0.2, -0.15) is 0 Å². The minimum absolute atomic E-state index is 0.0570. The van der Waals surface area contributed by atoms with Gasteiger partial charge in [0.1, 0.15) is 6.10 Å². The van der Waals surface area contributed by atoms with Crippen molar-refractivity contribution in [2.75, 3.05) is 18.0 Å². The van der Waals surface area contributed by atoms with Crippen LogP contribution < -0.4 is 4.90 Å². The first-order valence-corrected chi connectivity index (χ1v) is 11.6. The van der Waals surface area contributed by atoms with E-state index in [4.69, 9.17) is 4.74 Å². The maximum Gasteiger partial charge on any atom is 0.232 e. The Balaban J connectivity index is 1.26. The predicted octanol–water partition coefficient (Wildman–Crippen LogP) is 5.19. The molecular formula is C28H30N2O2. The lowest BCUT2D eigenvalue weighted by Crippen LogP contribution is -2.51. The summed E-state index contributed by atoms with van der Waals surface area (Å²) in [5.41, 5.74) is 4.58. The smallest absolute Gasteiger partial charge is 0.232 e. The van der Waals surface area contributed by atoms with Gasteiger partial charge in [-0.25, -0.2) is 0 Å². The van der Waals surface area contributed by atoms with E-state index in [0.29, 0.717) is 6.42 Å². The Morgan fingerprint density at radius 1 is 0.812 bits per heavy atom. The molecule has 1 saturated heterocycles. The van der Waals surface area contributed by atoms with E-state index in [2.05, 4.69) is 72.5 Å². The lowest BCUT2D eigenvalue weighted by molar-refractivity contribution is -0.118. The van der Waals surface area contributed by atoms with Crippen LogP contribution in [-0.2, 0) is 16.0 Å². The molecule has 1 unspecified atom stereocenters. The number of nitrogens with zero attached hydrogens (tertiary/aromatic N) is 2. The van der Waals surface area contributed by atoms with E-state index >= 15 is 0 Å². The second kappa shape index (κ2) is 9.27. The number of carbonyl (C=O) groups excluding carboxylic acids is 1. The summed E-state index contributed by atoms with van der Waals surface area (Å²) >= 11 is 0. The van der Waals surface area contributed by atoms with Crippen LogP contribution in [0.2, 0.25) is 0 Å². The molecule has 32 heavy (non-hydrogen) atoms. The van der Waals surface area contributed by atoms with Gasteiger partial charge >= 0.3 is 0 Å². The number of ether oxygens (including phenoxy) is 1. The zero-order valence-corrected chi connectivity index (χ0v) is 18.6. The summed E-state index contributed by atoms with van der Waals surface area (Å²) in [5, 5.41) is 0. The minimum atomic E-state index is -0.0570. The van der Waals surface area contributed by atoms with E-state index in [1.807, 2.05) is 29.2 Å². The topological polar surface area (TPSA) is 32.8 Å². The van der Waals surface area contributed by atoms with Crippen molar-refractivity contribution in [3.63, 3.8) is 0 Å². The van der Waals surface area contributed by atoms with Gasteiger partial charge in [0.2, 0.25) is 5.91 Å². The molecule has 1 amide bonds. The zero-order valence-electron chi connectivity index (χ0n) is 18.6. The monoisotopic (exact) mass is 426 g/mol. The molecule has 1 fully saturated rings. The van der Waals surface area contributed by atoms with E-state index < -0.39 is 0 Å². The average Bonchev–Trinajstić information content (AvgIpc) is 3.19. The van der Waals surface area contributed by atoms with Crippen LogP contribution in [0.1, 0.15) is 42.6 Å². The predicted molar refractivity (Wildman–Crippen MR) is 128 cm³/mol. The summed E-state index contributed by atoms with van der Waals surface area (Å²) in [6, 6.07) is 29.1. The number of anilines is 1. The highest BCUT2D eigenvalue weighted by Gasteiger charge is 2.35. The number of piperidine rings is 1. The lowest BCUT2D eigenvalue weighted by Gasteiger charge is -2.40. The third-order valence-electron chi connectivity index (χ3n) is 6.77. The molecule has 5 rings (SSSR count). The van der Waals surface area contributed by atoms with Crippen LogP contribution in [0.15, 0.2) is 84.9 Å². The average molecular weight is 427 g/mol. The Morgan fingerprint density at radius 3 is 2.00 bits per heavy atom. The molecule has 0 N–H and O–H groups in total. The highest BCUT2D eigenvalue weighted by atomic mass is 16.5. The third kappa shape index (κ3) is 4.21. The lowest BCUT2D eigenvalue weighted by atomic mass is 10.00. The minimum Gasteiger partial charge on any atom is -0.365 e. The molecule has 0 saturated carbocycles. The largest absolute Gasteiger partial charge is 0.365 e. The van der Waals surface area contributed by atoms with Gasteiger partial charge in [0.05, 0.1) is 18.7 Å². The molecule has 0 radical (unpaired) electrons. The number of hydrogen-bond donors (Lipinski definition) is 0. The van der Waals surface area contributed by atoms with E-state index in [-0.39, 0.29) is 24.3 Å². The number of benzene rings is 3. The molecule has 0 bridgehead atoms. The third-order valence-corrected chi connectivity index (χ3v) is 6.77. The van der Waals surface area contributed by atoms with Gasteiger partial charge in [-0.15, -0.1) is 0 Å². The van der Waals surface area contributed by atoms with Crippen molar-refractivity contribution >= 4 is 11.6 Å². The normalized spacial score (nSPS) is 18.2. The molecule has 4 heteroatoms. The Morgan fingerprint density at radius 2 is 1.38 bits per heavy atom. The van der Waals surface area contributed by atoms with Crippen LogP contribution in [0.3, 0.4) is 0 Å². The Bertz CT molecular complexity index is 1010. The number of carbonyl (C=O) groups is 1. The fourth-order valence-electron chi connectivity index (χ4n) is 5.03. The van der Waals surface area contributed by atoms with Gasteiger partial charge in [0, 0.05) is 18.8 Å². The van der Waals surface area contributed by atoms with Gasteiger partial charge in [-0.3, -0.25) is 14.6 Å². The summed E-state index contributed by atoms with van der Waals surface area (Å²) in [5.74, 6) is 0.199. The summed E-state index contributed by atoms with van der Waals surface area (Å²) in [6.45, 7) is 4.00. The van der Waals surface area contributed by atoms with Gasteiger partial charge < -0.3 is 4.74 Å². The second-order valence-corrected chi connectivity index (χ2v) is 8.77. The van der Waals surface area contributed by atoms with E-state index in [0.717, 1.165) is 37.2 Å². The highest BCUT2D eigenvalue weighted by molar-refractivity contribution is 6.01. The SMILES string of the molecule is CC(N1CCC(OC(c2ccccc2)c2ccccc2)CC1)N1C(=O)Cc2ccccc21. The van der Waals surface area contributed by atoms with Crippen molar-refractivity contribution in [1.29, 1.82) is 0 Å². The molecule has 2 aliphatic rings. The molecule has 3 aromatic carbocycles. The van der Waals surface area contributed by atoms with Crippen molar-refractivity contribution in [1.82, 2.24) is 4.90 Å². The molecule has 1 atom stereocenters. The summed E-state index contributed by atoms with van der Waals surface area (Å²) in [4.78, 5) is 17.1. The van der Waals surface area contributed by atoms with E-state index in [1.54, 1.807) is 0 Å². The number of amides is 1. The van der Waals surface area contributed by atoms with Gasteiger partial charge in [0.25, 0.3) is 0 Å². The van der Waals surface area contributed by atoms with Gasteiger partial charge in [0.15, 0.2) is 0 Å². The molecule has 0 aromatic heterocycles. The molecule has 164 valence electrons. The second-order valence-electron chi connectivity index (χ2n) is 8.77. The first kappa shape index (κ1) is 20.9. The van der Waals surface area contributed by atoms with Crippen LogP contribution in [0, 0.1) is 0 Å². The van der Waals surface area contributed by atoms with Crippen LogP contribution >= 0.6 is 0 Å². The van der Waals surface area contributed by atoms with Crippen molar-refractivity contribution in [2.24, 2.45) is 0 Å². The summed E-state index contributed by atoms with van der Waals surface area (Å²) in [7, 11) is 0. The number of likely N-dealkylation sites (tertiary alicyclic amines) is 1. The van der Waals surface area contributed by atoms with Crippen molar-refractivity contribution in [3.05, 3.63) is 102 Å². The number of fused-ring (bicyclic) bond motifs is 1. The molecule has 4 nitrogen and oxygen atoms in total. The molecule has 0 spiro atoms. The molecular weight excluding hydrogens is 396 g/mol. The van der Waals surface area contributed by atoms with Crippen LogP contribution in [0.4, 0.5) is 5.69 Å². The van der Waals surface area contributed by atoms with Crippen molar-refractivity contribution < 1.29 is 9.53 Å². The van der Waals surface area contributed by atoms with Crippen LogP contribution in [0.25, 0.3) is 0 Å². The molecule has 0 aliphatic carbocycles. The van der Waals surface area contributed by atoms with Crippen LogP contribution in [-0.4, -0.2) is 36.2 Å². The summed E-state index contributed by atoms with van der Waals surface area (Å²) < 4.78 is 6.69. The Hall–Kier alpha value is -2.95. The number of hydrogen-bond acceptors (Lipinski definition) is 3. The Labute approximate surface area is 190 Å². The maximum atomic E-state index is 12.7. The molecule has 2 heterocycles. The molecule has 2 aliphatic heterocycles. The fraction of sp³-hybridized carbons (Fsp3) is 0.321.